The maximum absolute atomic E-state index is 8.71. The molecule has 1 aromatic carbocycles. The molecule has 0 unspecified atom stereocenters. The molecule has 0 amide bonds. The van der Waals surface area contributed by atoms with Gasteiger partial charge in [-0.2, -0.15) is 5.26 Å². The van der Waals surface area contributed by atoms with E-state index in [-0.39, 0.29) is 0 Å². The second kappa shape index (κ2) is 4.32. The maximum atomic E-state index is 8.71. The van der Waals surface area contributed by atoms with E-state index >= 15 is 0 Å². The van der Waals surface area contributed by atoms with Gasteiger partial charge < -0.3 is 11.1 Å². The Morgan fingerprint density at radius 3 is 2.56 bits per heavy atom. The zero-order chi connectivity index (χ0) is 11.4. The van der Waals surface area contributed by atoms with Crippen molar-refractivity contribution >= 4 is 17.2 Å². The van der Waals surface area contributed by atoms with Crippen molar-refractivity contribution in [2.24, 2.45) is 0 Å². The van der Waals surface area contributed by atoms with E-state index in [1.165, 1.54) is 0 Å². The highest BCUT2D eigenvalue weighted by molar-refractivity contribution is 5.59. The first-order chi connectivity index (χ1) is 7.78. The molecule has 3 N–H and O–H groups in total. The van der Waals surface area contributed by atoms with Gasteiger partial charge in [0.05, 0.1) is 0 Å². The summed E-state index contributed by atoms with van der Waals surface area (Å²) in [4.78, 5) is 4.11. The number of hydrogen-bond donors (Lipinski definition) is 2. The number of benzene rings is 1. The number of nitrogens with two attached hydrogens (primary N) is 1. The summed E-state index contributed by atoms with van der Waals surface area (Å²) >= 11 is 0. The van der Waals surface area contributed by atoms with Gasteiger partial charge in [-0.15, -0.1) is 0 Å². The van der Waals surface area contributed by atoms with Gasteiger partial charge in [0, 0.05) is 11.4 Å². The van der Waals surface area contributed by atoms with Crippen LogP contribution in [0.1, 0.15) is 5.69 Å². The van der Waals surface area contributed by atoms with Crippen LogP contribution >= 0.6 is 0 Å². The first-order valence-electron chi connectivity index (χ1n) is 4.77. The van der Waals surface area contributed by atoms with Crippen LogP contribution in [0.5, 0.6) is 0 Å². The molecule has 78 valence electrons. The predicted molar refractivity (Wildman–Crippen MR) is 63.1 cm³/mol. The summed E-state index contributed by atoms with van der Waals surface area (Å²) in [6.07, 6.45) is 0. The highest BCUT2D eigenvalue weighted by Gasteiger charge is 1.97. The largest absolute Gasteiger partial charge is 0.399 e. The van der Waals surface area contributed by atoms with Gasteiger partial charge in [0.1, 0.15) is 17.6 Å². The number of nitriles is 1. The van der Waals surface area contributed by atoms with Crippen molar-refractivity contribution in [3.05, 3.63) is 48.2 Å². The van der Waals surface area contributed by atoms with Crippen LogP contribution in [0.25, 0.3) is 0 Å². The Hall–Kier alpha value is -2.54. The van der Waals surface area contributed by atoms with Crippen molar-refractivity contribution in [3.63, 3.8) is 0 Å². The molecular formula is C12H10N4. The lowest BCUT2D eigenvalue weighted by atomic mass is 10.3. The minimum absolute atomic E-state index is 0.389. The lowest BCUT2D eigenvalue weighted by molar-refractivity contribution is 1.25. The van der Waals surface area contributed by atoms with E-state index in [4.69, 9.17) is 11.0 Å². The third-order valence-corrected chi connectivity index (χ3v) is 2.05. The molecule has 0 saturated carbocycles. The molecule has 0 aliphatic carbocycles. The topological polar surface area (TPSA) is 74.7 Å². The second-order valence-electron chi connectivity index (χ2n) is 3.27. The lowest BCUT2D eigenvalue weighted by Gasteiger charge is -2.05. The molecule has 1 aromatic heterocycles. The molecule has 0 fully saturated rings. The molecule has 0 aliphatic heterocycles. The Morgan fingerprint density at radius 1 is 1.12 bits per heavy atom. The fourth-order valence-electron chi connectivity index (χ4n) is 1.28. The molecule has 2 aromatic rings. The van der Waals surface area contributed by atoms with E-state index in [0.717, 1.165) is 5.69 Å². The summed E-state index contributed by atoms with van der Waals surface area (Å²) < 4.78 is 0. The SMILES string of the molecule is N#Cc1cccc(Nc2ccc(N)cc2)n1. The summed E-state index contributed by atoms with van der Waals surface area (Å²) in [7, 11) is 0. The Labute approximate surface area is 93.4 Å². The minimum atomic E-state index is 0.389. The van der Waals surface area contributed by atoms with E-state index in [2.05, 4.69) is 10.3 Å². The van der Waals surface area contributed by atoms with Gasteiger partial charge in [-0.3, -0.25) is 0 Å². The molecule has 4 nitrogen and oxygen atoms in total. The van der Waals surface area contributed by atoms with Crippen LogP contribution in [0.15, 0.2) is 42.5 Å². The second-order valence-corrected chi connectivity index (χ2v) is 3.27. The summed E-state index contributed by atoms with van der Waals surface area (Å²) in [5.41, 5.74) is 7.57. The first-order valence-corrected chi connectivity index (χ1v) is 4.77. The van der Waals surface area contributed by atoms with Gasteiger partial charge in [0.25, 0.3) is 0 Å². The molecule has 0 radical (unpaired) electrons. The van der Waals surface area contributed by atoms with E-state index in [1.807, 2.05) is 18.2 Å². The fourth-order valence-corrected chi connectivity index (χ4v) is 1.28. The van der Waals surface area contributed by atoms with Crippen molar-refractivity contribution in [3.8, 4) is 6.07 Å². The smallest absolute Gasteiger partial charge is 0.142 e. The number of anilines is 3. The van der Waals surface area contributed by atoms with Gasteiger partial charge in [0.2, 0.25) is 0 Å². The van der Waals surface area contributed by atoms with Crippen LogP contribution < -0.4 is 11.1 Å². The summed E-state index contributed by atoms with van der Waals surface area (Å²) in [5.74, 6) is 0.642. The molecular weight excluding hydrogens is 200 g/mol. The summed E-state index contributed by atoms with van der Waals surface area (Å²) in [6, 6.07) is 14.6. The Kier molecular flexibility index (Phi) is 2.70. The average molecular weight is 210 g/mol. The number of nitrogens with one attached hydrogen (secondary N) is 1. The molecule has 0 atom stereocenters. The van der Waals surface area contributed by atoms with Crippen molar-refractivity contribution in [2.45, 2.75) is 0 Å². The zero-order valence-electron chi connectivity index (χ0n) is 8.51. The zero-order valence-corrected chi connectivity index (χ0v) is 8.51. The number of nitrogens with zero attached hydrogens (tertiary/aromatic N) is 2. The summed E-state index contributed by atoms with van der Waals surface area (Å²) in [6.45, 7) is 0. The van der Waals surface area contributed by atoms with Crippen molar-refractivity contribution < 1.29 is 0 Å². The van der Waals surface area contributed by atoms with Gasteiger partial charge in [0.15, 0.2) is 0 Å². The Morgan fingerprint density at radius 2 is 1.88 bits per heavy atom. The number of pyridine rings is 1. The van der Waals surface area contributed by atoms with Gasteiger partial charge >= 0.3 is 0 Å². The molecule has 0 spiro atoms. The summed E-state index contributed by atoms with van der Waals surface area (Å²) in [5, 5.41) is 11.8. The first kappa shape index (κ1) is 9.99. The van der Waals surface area contributed by atoms with Gasteiger partial charge in [-0.1, -0.05) is 6.07 Å². The van der Waals surface area contributed by atoms with Crippen LogP contribution in [0, 0.1) is 11.3 Å². The maximum Gasteiger partial charge on any atom is 0.142 e. The number of rotatable bonds is 2. The van der Waals surface area contributed by atoms with Gasteiger partial charge in [-0.05, 0) is 36.4 Å². The monoisotopic (exact) mass is 210 g/mol. The third kappa shape index (κ3) is 2.28. The van der Waals surface area contributed by atoms with E-state index in [1.54, 1.807) is 30.3 Å². The third-order valence-electron chi connectivity index (χ3n) is 2.05. The molecule has 0 aliphatic rings. The highest BCUT2D eigenvalue weighted by atomic mass is 15.0. The quantitative estimate of drug-likeness (QED) is 0.745. The van der Waals surface area contributed by atoms with Crippen LogP contribution in [0.3, 0.4) is 0 Å². The predicted octanol–water partition coefficient (Wildman–Crippen LogP) is 2.28. The standard InChI is InChI=1S/C12H10N4/c13-8-11-2-1-3-12(16-11)15-10-6-4-9(14)5-7-10/h1-7H,14H2,(H,15,16). The average Bonchev–Trinajstić information content (AvgIpc) is 2.32. The van der Waals surface area contributed by atoms with Gasteiger partial charge in [-0.25, -0.2) is 4.98 Å². The van der Waals surface area contributed by atoms with E-state index in [9.17, 15) is 0 Å². The van der Waals surface area contributed by atoms with Crippen LogP contribution in [-0.4, -0.2) is 4.98 Å². The fraction of sp³-hybridized carbons (Fsp3) is 0. The molecule has 1 heterocycles. The normalized spacial score (nSPS) is 9.44. The lowest BCUT2D eigenvalue weighted by Crippen LogP contribution is -1.95. The number of nitrogen functional groups attached to an aromatic ring is 1. The van der Waals surface area contributed by atoms with Crippen molar-refractivity contribution in [2.75, 3.05) is 11.1 Å². The molecule has 0 bridgehead atoms. The van der Waals surface area contributed by atoms with E-state index in [0.29, 0.717) is 17.2 Å². The van der Waals surface area contributed by atoms with Crippen LogP contribution in [0.2, 0.25) is 0 Å². The van der Waals surface area contributed by atoms with Crippen LogP contribution in [0.4, 0.5) is 17.2 Å². The highest BCUT2D eigenvalue weighted by Crippen LogP contribution is 2.15. The molecule has 16 heavy (non-hydrogen) atoms. The van der Waals surface area contributed by atoms with Crippen LogP contribution in [-0.2, 0) is 0 Å². The Bertz CT molecular complexity index is 525. The minimum Gasteiger partial charge on any atom is -0.399 e. The molecule has 0 saturated heterocycles. The molecule has 2 rings (SSSR count). The Balaban J connectivity index is 2.21. The number of aromatic nitrogens is 1. The van der Waals surface area contributed by atoms with E-state index < -0.39 is 0 Å². The molecule has 4 heteroatoms. The van der Waals surface area contributed by atoms with Crippen molar-refractivity contribution in [1.29, 1.82) is 5.26 Å². The van der Waals surface area contributed by atoms with Crippen molar-refractivity contribution in [1.82, 2.24) is 4.98 Å². The number of hydrogen-bond acceptors (Lipinski definition) is 4.